The largest absolute Gasteiger partial charge is 0.394 e. The van der Waals surface area contributed by atoms with Gasteiger partial charge in [0, 0.05) is 0 Å². The zero-order chi connectivity index (χ0) is 7.40. The third-order valence-corrected chi connectivity index (χ3v) is 1.44. The standard InChI is InChI=1S/C5H10N2O3/c8-4-5-3-7(6-9)1-2-10-5/h5,8H,1-4H2. The SMILES string of the molecule is O=NN1CCOC(CO)C1. The maximum absolute atomic E-state index is 9.96. The van der Waals surface area contributed by atoms with Crippen LogP contribution >= 0.6 is 0 Å². The second-order valence-corrected chi connectivity index (χ2v) is 2.17. The monoisotopic (exact) mass is 146 g/mol. The summed E-state index contributed by atoms with van der Waals surface area (Å²) >= 11 is 0. The summed E-state index contributed by atoms with van der Waals surface area (Å²) in [7, 11) is 0. The van der Waals surface area contributed by atoms with E-state index in [2.05, 4.69) is 5.29 Å². The molecule has 1 unspecified atom stereocenters. The summed E-state index contributed by atoms with van der Waals surface area (Å²) in [5, 5.41) is 12.7. The van der Waals surface area contributed by atoms with Gasteiger partial charge < -0.3 is 9.84 Å². The van der Waals surface area contributed by atoms with Crippen LogP contribution in [-0.2, 0) is 4.74 Å². The number of nitrogens with zero attached hydrogens (tertiary/aromatic N) is 2. The number of hydrogen-bond acceptors (Lipinski definition) is 4. The minimum absolute atomic E-state index is 0.0496. The van der Waals surface area contributed by atoms with Crippen LogP contribution in [0.15, 0.2) is 5.29 Å². The summed E-state index contributed by atoms with van der Waals surface area (Å²) in [6.45, 7) is 1.35. The smallest absolute Gasteiger partial charge is 0.0998 e. The number of ether oxygens (including phenoxy) is 1. The molecule has 10 heavy (non-hydrogen) atoms. The van der Waals surface area contributed by atoms with Crippen LogP contribution in [0.1, 0.15) is 0 Å². The van der Waals surface area contributed by atoms with Gasteiger partial charge in [0.2, 0.25) is 0 Å². The average molecular weight is 146 g/mol. The molecule has 0 amide bonds. The van der Waals surface area contributed by atoms with Crippen LogP contribution in [0.2, 0.25) is 0 Å². The highest BCUT2D eigenvalue weighted by Gasteiger charge is 2.18. The molecule has 1 aliphatic heterocycles. The molecule has 0 aliphatic carbocycles. The number of morpholine rings is 1. The molecule has 1 saturated heterocycles. The lowest BCUT2D eigenvalue weighted by Gasteiger charge is -2.27. The van der Waals surface area contributed by atoms with E-state index in [9.17, 15) is 4.91 Å². The Morgan fingerprint density at radius 2 is 2.60 bits per heavy atom. The molecule has 0 spiro atoms. The third-order valence-electron chi connectivity index (χ3n) is 1.44. The van der Waals surface area contributed by atoms with Gasteiger partial charge in [0.15, 0.2) is 0 Å². The van der Waals surface area contributed by atoms with Gasteiger partial charge in [0.05, 0.1) is 37.7 Å². The number of nitroso groups, excluding NO2 is 1. The van der Waals surface area contributed by atoms with Crippen molar-refractivity contribution < 1.29 is 9.84 Å². The summed E-state index contributed by atoms with van der Waals surface area (Å²) in [5.74, 6) is 0. The lowest BCUT2D eigenvalue weighted by Crippen LogP contribution is -2.40. The zero-order valence-electron chi connectivity index (χ0n) is 5.56. The Labute approximate surface area is 58.5 Å². The molecule has 0 saturated carbocycles. The second-order valence-electron chi connectivity index (χ2n) is 2.17. The molecule has 0 aromatic carbocycles. The van der Waals surface area contributed by atoms with Crippen molar-refractivity contribution in [1.82, 2.24) is 5.01 Å². The predicted octanol–water partition coefficient (Wildman–Crippen LogP) is -0.639. The minimum Gasteiger partial charge on any atom is -0.394 e. The molecular weight excluding hydrogens is 136 g/mol. The summed E-state index contributed by atoms with van der Waals surface area (Å²) in [4.78, 5) is 9.96. The minimum atomic E-state index is -0.244. The summed E-state index contributed by atoms with van der Waals surface area (Å²) in [5.41, 5.74) is 0. The molecule has 0 aromatic rings. The Kier molecular flexibility index (Phi) is 2.58. The first-order chi connectivity index (χ1) is 4.86. The first-order valence-corrected chi connectivity index (χ1v) is 3.17. The fraction of sp³-hybridized carbons (Fsp3) is 1.00. The first kappa shape index (κ1) is 7.43. The molecule has 0 aromatic heterocycles. The van der Waals surface area contributed by atoms with E-state index >= 15 is 0 Å². The maximum Gasteiger partial charge on any atom is 0.0998 e. The normalized spacial score (nSPS) is 26.5. The van der Waals surface area contributed by atoms with Crippen LogP contribution in [-0.4, -0.2) is 42.5 Å². The van der Waals surface area contributed by atoms with E-state index in [0.717, 1.165) is 0 Å². The number of hydrogen-bond donors (Lipinski definition) is 1. The highest BCUT2D eigenvalue weighted by Crippen LogP contribution is 2.03. The Balaban J connectivity index is 2.31. The summed E-state index contributed by atoms with van der Waals surface area (Å²) in [6.07, 6.45) is -0.244. The molecule has 1 heterocycles. The lowest BCUT2D eigenvalue weighted by atomic mass is 10.3. The van der Waals surface area contributed by atoms with E-state index in [0.29, 0.717) is 19.7 Å². The quantitative estimate of drug-likeness (QED) is 0.526. The summed E-state index contributed by atoms with van der Waals surface area (Å²) < 4.78 is 5.07. The molecule has 0 bridgehead atoms. The van der Waals surface area contributed by atoms with Crippen molar-refractivity contribution in [3.8, 4) is 0 Å². The maximum atomic E-state index is 9.96. The molecule has 0 radical (unpaired) electrons. The van der Waals surface area contributed by atoms with Crippen LogP contribution in [0.25, 0.3) is 0 Å². The van der Waals surface area contributed by atoms with Gasteiger partial charge in [-0.05, 0) is 0 Å². The van der Waals surface area contributed by atoms with Gasteiger partial charge in [0.25, 0.3) is 0 Å². The van der Waals surface area contributed by atoms with Crippen LogP contribution in [0, 0.1) is 4.91 Å². The second kappa shape index (κ2) is 3.48. The number of rotatable bonds is 2. The van der Waals surface area contributed by atoms with Crippen LogP contribution < -0.4 is 0 Å². The van der Waals surface area contributed by atoms with E-state index in [-0.39, 0.29) is 12.7 Å². The molecule has 1 aliphatic rings. The fourth-order valence-corrected chi connectivity index (χ4v) is 0.888. The highest BCUT2D eigenvalue weighted by molar-refractivity contribution is 4.66. The third kappa shape index (κ3) is 1.65. The van der Waals surface area contributed by atoms with E-state index in [1.165, 1.54) is 5.01 Å². The molecule has 5 nitrogen and oxygen atoms in total. The van der Waals surface area contributed by atoms with E-state index < -0.39 is 0 Å². The van der Waals surface area contributed by atoms with Crippen LogP contribution in [0.5, 0.6) is 0 Å². The Bertz CT molecular complexity index is 119. The van der Waals surface area contributed by atoms with Gasteiger partial charge in [-0.3, -0.25) is 5.01 Å². The van der Waals surface area contributed by atoms with E-state index in [4.69, 9.17) is 9.84 Å². The molecule has 1 atom stereocenters. The number of aliphatic hydroxyl groups is 1. The molecule has 1 rings (SSSR count). The first-order valence-electron chi connectivity index (χ1n) is 3.17. The van der Waals surface area contributed by atoms with Crippen molar-refractivity contribution in [2.45, 2.75) is 6.10 Å². The van der Waals surface area contributed by atoms with E-state index in [1.54, 1.807) is 0 Å². The van der Waals surface area contributed by atoms with Gasteiger partial charge in [0.1, 0.15) is 0 Å². The van der Waals surface area contributed by atoms with Crippen LogP contribution in [0.4, 0.5) is 0 Å². The molecule has 58 valence electrons. The number of aliphatic hydroxyl groups excluding tert-OH is 1. The van der Waals surface area contributed by atoms with E-state index in [1.807, 2.05) is 0 Å². The van der Waals surface area contributed by atoms with Crippen molar-refractivity contribution in [3.63, 3.8) is 0 Å². The van der Waals surface area contributed by atoms with Crippen molar-refractivity contribution in [2.24, 2.45) is 5.29 Å². The molecular formula is C5H10N2O3. The topological polar surface area (TPSA) is 62.1 Å². The van der Waals surface area contributed by atoms with Gasteiger partial charge in [-0.1, -0.05) is 0 Å². The summed E-state index contributed by atoms with van der Waals surface area (Å²) in [6, 6.07) is 0. The van der Waals surface area contributed by atoms with Gasteiger partial charge >= 0.3 is 0 Å². The highest BCUT2D eigenvalue weighted by atomic mass is 16.5. The Morgan fingerprint density at radius 3 is 3.20 bits per heavy atom. The fourth-order valence-electron chi connectivity index (χ4n) is 0.888. The van der Waals surface area contributed by atoms with Gasteiger partial charge in [-0.2, -0.15) is 0 Å². The van der Waals surface area contributed by atoms with Crippen molar-refractivity contribution in [2.75, 3.05) is 26.3 Å². The molecule has 5 heteroatoms. The Hall–Kier alpha value is -0.680. The van der Waals surface area contributed by atoms with Gasteiger partial charge in [-0.15, -0.1) is 4.91 Å². The lowest BCUT2D eigenvalue weighted by molar-refractivity contribution is -0.0527. The van der Waals surface area contributed by atoms with Crippen molar-refractivity contribution in [1.29, 1.82) is 0 Å². The van der Waals surface area contributed by atoms with Crippen LogP contribution in [0.3, 0.4) is 0 Å². The Morgan fingerprint density at radius 1 is 1.80 bits per heavy atom. The average Bonchev–Trinajstić information content (AvgIpc) is 2.05. The predicted molar refractivity (Wildman–Crippen MR) is 34.2 cm³/mol. The molecule has 1 fully saturated rings. The molecule has 1 N–H and O–H groups in total. The van der Waals surface area contributed by atoms with Crippen molar-refractivity contribution >= 4 is 0 Å². The van der Waals surface area contributed by atoms with Crippen molar-refractivity contribution in [3.05, 3.63) is 4.91 Å². The van der Waals surface area contributed by atoms with Gasteiger partial charge in [-0.25, -0.2) is 0 Å². The zero-order valence-corrected chi connectivity index (χ0v) is 5.56.